The third kappa shape index (κ3) is 3.02. The molecule has 1 aromatic carbocycles. The van der Waals surface area contributed by atoms with Gasteiger partial charge < -0.3 is 14.6 Å². The minimum atomic E-state index is -0.288. The highest BCUT2D eigenvalue weighted by molar-refractivity contribution is 5.44. The van der Waals surface area contributed by atoms with E-state index in [4.69, 9.17) is 9.47 Å². The molecule has 1 N–H and O–H groups in total. The van der Waals surface area contributed by atoms with E-state index in [1.54, 1.807) is 6.20 Å². The van der Waals surface area contributed by atoms with Crippen LogP contribution >= 0.6 is 0 Å². The van der Waals surface area contributed by atoms with Gasteiger partial charge in [-0.1, -0.05) is 12.1 Å². The molecule has 2 aliphatic rings. The van der Waals surface area contributed by atoms with Gasteiger partial charge in [-0.3, -0.25) is 9.88 Å². The summed E-state index contributed by atoms with van der Waals surface area (Å²) in [4.78, 5) is 6.51. The van der Waals surface area contributed by atoms with E-state index >= 15 is 0 Å². The lowest BCUT2D eigenvalue weighted by molar-refractivity contribution is 0.112. The van der Waals surface area contributed by atoms with Crippen LogP contribution in [-0.4, -0.2) is 40.5 Å². The molecule has 0 radical (unpaired) electrons. The van der Waals surface area contributed by atoms with Gasteiger partial charge in [0.05, 0.1) is 6.10 Å². The van der Waals surface area contributed by atoms with Crippen LogP contribution in [0, 0.1) is 0 Å². The van der Waals surface area contributed by atoms with Crippen LogP contribution in [0.25, 0.3) is 0 Å². The second-order valence-electron chi connectivity index (χ2n) is 6.15. The Morgan fingerprint density at radius 3 is 2.96 bits per heavy atom. The van der Waals surface area contributed by atoms with Crippen molar-refractivity contribution in [1.82, 2.24) is 9.88 Å². The first-order valence-corrected chi connectivity index (χ1v) is 7.99. The molecule has 4 rings (SSSR count). The van der Waals surface area contributed by atoms with Crippen LogP contribution in [0.2, 0.25) is 0 Å². The van der Waals surface area contributed by atoms with Crippen LogP contribution in [0.3, 0.4) is 0 Å². The zero-order chi connectivity index (χ0) is 15.6. The maximum absolute atomic E-state index is 10.3. The number of rotatable bonds is 4. The van der Waals surface area contributed by atoms with Crippen molar-refractivity contribution in [1.29, 1.82) is 0 Å². The number of aliphatic hydroxyl groups is 1. The normalized spacial score (nSPS) is 23.3. The number of hydrogen-bond acceptors (Lipinski definition) is 5. The summed E-state index contributed by atoms with van der Waals surface area (Å²) in [6.45, 7) is 2.00. The lowest BCUT2D eigenvalue weighted by atomic mass is 10.0. The Bertz CT molecular complexity index is 677. The van der Waals surface area contributed by atoms with Crippen molar-refractivity contribution in [2.75, 3.05) is 13.3 Å². The molecular formula is C18H20N2O3. The molecule has 0 bridgehead atoms. The van der Waals surface area contributed by atoms with E-state index in [1.807, 2.05) is 24.4 Å². The van der Waals surface area contributed by atoms with Gasteiger partial charge >= 0.3 is 0 Å². The van der Waals surface area contributed by atoms with Crippen LogP contribution in [-0.2, 0) is 13.0 Å². The Morgan fingerprint density at radius 1 is 1.17 bits per heavy atom. The van der Waals surface area contributed by atoms with E-state index in [2.05, 4.69) is 22.0 Å². The number of aromatic nitrogens is 1. The number of ether oxygens (including phenoxy) is 2. The molecule has 5 heteroatoms. The molecule has 0 spiro atoms. The van der Waals surface area contributed by atoms with Gasteiger partial charge in [-0.05, 0) is 42.2 Å². The number of aliphatic hydroxyl groups excluding tert-OH is 1. The number of benzene rings is 1. The van der Waals surface area contributed by atoms with E-state index in [0.29, 0.717) is 6.79 Å². The average Bonchev–Trinajstić information content (AvgIpc) is 3.17. The number of hydrogen-bond donors (Lipinski definition) is 1. The molecule has 120 valence electrons. The first-order valence-electron chi connectivity index (χ1n) is 7.99. The second-order valence-corrected chi connectivity index (χ2v) is 6.15. The highest BCUT2D eigenvalue weighted by Gasteiger charge is 2.32. The van der Waals surface area contributed by atoms with Crippen LogP contribution in [0.15, 0.2) is 42.7 Å². The molecule has 3 heterocycles. The molecule has 0 saturated carbocycles. The molecule has 1 fully saturated rings. The average molecular weight is 312 g/mol. The third-order valence-electron chi connectivity index (χ3n) is 4.62. The second kappa shape index (κ2) is 6.18. The quantitative estimate of drug-likeness (QED) is 0.936. The SMILES string of the molecule is O[C@H]1CCN(Cc2ccc3c(c2)OCO3)[C@H]1Cc1cccnc1. The van der Waals surface area contributed by atoms with Crippen molar-refractivity contribution < 1.29 is 14.6 Å². The summed E-state index contributed by atoms with van der Waals surface area (Å²) in [5.74, 6) is 1.62. The molecule has 5 nitrogen and oxygen atoms in total. The minimum absolute atomic E-state index is 0.129. The Balaban J connectivity index is 1.49. The summed E-state index contributed by atoms with van der Waals surface area (Å²) in [6.07, 6.45) is 5.00. The molecular weight excluding hydrogens is 292 g/mol. The summed E-state index contributed by atoms with van der Waals surface area (Å²) >= 11 is 0. The maximum Gasteiger partial charge on any atom is 0.231 e. The molecule has 2 aromatic rings. The van der Waals surface area contributed by atoms with Gasteiger partial charge in [0.2, 0.25) is 6.79 Å². The molecule has 0 aliphatic carbocycles. The van der Waals surface area contributed by atoms with Crippen LogP contribution in [0.5, 0.6) is 11.5 Å². The zero-order valence-electron chi connectivity index (χ0n) is 12.9. The predicted molar refractivity (Wildman–Crippen MR) is 85.3 cm³/mol. The smallest absolute Gasteiger partial charge is 0.231 e. The fraction of sp³-hybridized carbons (Fsp3) is 0.389. The van der Waals surface area contributed by atoms with Gasteiger partial charge in [0, 0.05) is 31.5 Å². The number of fused-ring (bicyclic) bond motifs is 1. The fourth-order valence-corrected chi connectivity index (χ4v) is 3.40. The highest BCUT2D eigenvalue weighted by Crippen LogP contribution is 2.33. The molecule has 1 saturated heterocycles. The Hall–Kier alpha value is -2.11. The van der Waals surface area contributed by atoms with Crippen molar-refractivity contribution in [3.63, 3.8) is 0 Å². The van der Waals surface area contributed by atoms with Crippen molar-refractivity contribution in [3.8, 4) is 11.5 Å². The van der Waals surface area contributed by atoms with E-state index < -0.39 is 0 Å². The topological polar surface area (TPSA) is 54.8 Å². The summed E-state index contributed by atoms with van der Waals surface area (Å²) < 4.78 is 10.8. The van der Waals surface area contributed by atoms with Crippen molar-refractivity contribution in [2.24, 2.45) is 0 Å². The molecule has 1 aromatic heterocycles. The highest BCUT2D eigenvalue weighted by atomic mass is 16.7. The van der Waals surface area contributed by atoms with Crippen LogP contribution < -0.4 is 9.47 Å². The molecule has 23 heavy (non-hydrogen) atoms. The van der Waals surface area contributed by atoms with Crippen molar-refractivity contribution >= 4 is 0 Å². The summed E-state index contributed by atoms with van der Waals surface area (Å²) in [7, 11) is 0. The lowest BCUT2D eigenvalue weighted by Crippen LogP contribution is -2.36. The predicted octanol–water partition coefficient (Wildman–Crippen LogP) is 1.99. The Kier molecular flexibility index (Phi) is 3.89. The maximum atomic E-state index is 10.3. The lowest BCUT2D eigenvalue weighted by Gasteiger charge is -2.26. The molecule has 0 unspecified atom stereocenters. The summed E-state index contributed by atoms with van der Waals surface area (Å²) in [5, 5.41) is 10.3. The number of likely N-dealkylation sites (tertiary alicyclic amines) is 1. The van der Waals surface area contributed by atoms with E-state index in [9.17, 15) is 5.11 Å². The first-order chi connectivity index (χ1) is 11.3. The van der Waals surface area contributed by atoms with Gasteiger partial charge in [-0.15, -0.1) is 0 Å². The third-order valence-corrected chi connectivity index (χ3v) is 4.62. The first kappa shape index (κ1) is 14.5. The summed E-state index contributed by atoms with van der Waals surface area (Å²) in [5.41, 5.74) is 2.34. The number of pyridine rings is 1. The minimum Gasteiger partial charge on any atom is -0.454 e. The van der Waals surface area contributed by atoms with E-state index in [1.165, 1.54) is 5.56 Å². The summed E-state index contributed by atoms with van der Waals surface area (Å²) in [6, 6.07) is 10.2. The molecule has 0 amide bonds. The van der Waals surface area contributed by atoms with Gasteiger partial charge in [-0.2, -0.15) is 0 Å². The van der Waals surface area contributed by atoms with E-state index in [-0.39, 0.29) is 12.1 Å². The largest absolute Gasteiger partial charge is 0.454 e. The van der Waals surface area contributed by atoms with E-state index in [0.717, 1.165) is 43.0 Å². The van der Waals surface area contributed by atoms with Crippen LogP contribution in [0.4, 0.5) is 0 Å². The van der Waals surface area contributed by atoms with Gasteiger partial charge in [0.25, 0.3) is 0 Å². The van der Waals surface area contributed by atoms with Crippen LogP contribution in [0.1, 0.15) is 17.5 Å². The Morgan fingerprint density at radius 2 is 2.09 bits per heavy atom. The van der Waals surface area contributed by atoms with Gasteiger partial charge in [0.15, 0.2) is 11.5 Å². The van der Waals surface area contributed by atoms with Crippen molar-refractivity contribution in [2.45, 2.75) is 31.5 Å². The Labute approximate surface area is 135 Å². The van der Waals surface area contributed by atoms with Crippen molar-refractivity contribution in [3.05, 3.63) is 53.9 Å². The zero-order valence-corrected chi connectivity index (χ0v) is 12.9. The fourth-order valence-electron chi connectivity index (χ4n) is 3.40. The van der Waals surface area contributed by atoms with Gasteiger partial charge in [-0.25, -0.2) is 0 Å². The molecule has 2 aliphatic heterocycles. The number of nitrogens with zero attached hydrogens (tertiary/aromatic N) is 2. The monoisotopic (exact) mass is 312 g/mol. The van der Waals surface area contributed by atoms with Gasteiger partial charge in [0.1, 0.15) is 0 Å². The molecule has 2 atom stereocenters. The standard InChI is InChI=1S/C18H20N2O3/c21-16-5-7-20(15(16)8-13-2-1-6-19-10-13)11-14-3-4-17-18(9-14)23-12-22-17/h1-4,6,9-10,15-16,21H,5,7-8,11-12H2/t15-,16-/m0/s1.